The van der Waals surface area contributed by atoms with Gasteiger partial charge in [0.1, 0.15) is 11.5 Å². The van der Waals surface area contributed by atoms with Gasteiger partial charge in [-0.15, -0.1) is 0 Å². The number of amides is 1. The number of nitrogens with zero attached hydrogens (tertiary/aromatic N) is 1. The molecule has 9 heteroatoms. The molecular formula is C19H17N3O6. The number of benzene rings is 2. The molecular weight excluding hydrogens is 366 g/mol. The molecule has 0 spiro atoms. The molecule has 2 aromatic carbocycles. The van der Waals surface area contributed by atoms with Crippen LogP contribution in [0.3, 0.4) is 0 Å². The zero-order chi connectivity index (χ0) is 20.1. The van der Waals surface area contributed by atoms with Crippen LogP contribution in [-0.4, -0.2) is 42.9 Å². The van der Waals surface area contributed by atoms with E-state index in [9.17, 15) is 14.4 Å². The molecule has 3 rings (SSSR count). The van der Waals surface area contributed by atoms with Crippen molar-refractivity contribution in [1.29, 1.82) is 0 Å². The summed E-state index contributed by atoms with van der Waals surface area (Å²) in [5, 5.41) is 9.21. The lowest BCUT2D eigenvalue weighted by Crippen LogP contribution is -2.23. The van der Waals surface area contributed by atoms with Gasteiger partial charge < -0.3 is 19.5 Å². The standard InChI is InChI=1S/C19H17N3O6/c1-26-11-7-8-15(27-2)14(9-11)20-16(23)10-28-19(25)17-12-5-3-4-6-13(12)18(24)22-21-17/h3-9H,10H2,1-2H3,(H,20,23)(H,22,24). The highest BCUT2D eigenvalue weighted by atomic mass is 16.5. The van der Waals surface area contributed by atoms with Gasteiger partial charge in [-0.3, -0.25) is 9.59 Å². The van der Waals surface area contributed by atoms with Crippen LogP contribution in [0.1, 0.15) is 10.5 Å². The van der Waals surface area contributed by atoms with E-state index < -0.39 is 24.0 Å². The fourth-order valence-electron chi connectivity index (χ4n) is 2.57. The normalized spacial score (nSPS) is 10.4. The number of aromatic nitrogens is 2. The lowest BCUT2D eigenvalue weighted by atomic mass is 10.1. The van der Waals surface area contributed by atoms with E-state index in [-0.39, 0.29) is 5.69 Å². The molecule has 0 bridgehead atoms. The number of carbonyl (C=O) groups is 2. The lowest BCUT2D eigenvalue weighted by molar-refractivity contribution is -0.119. The molecule has 1 heterocycles. The van der Waals surface area contributed by atoms with E-state index in [2.05, 4.69) is 15.5 Å². The Morgan fingerprint density at radius 1 is 1.07 bits per heavy atom. The smallest absolute Gasteiger partial charge is 0.359 e. The van der Waals surface area contributed by atoms with Gasteiger partial charge in [0.25, 0.3) is 11.5 Å². The number of hydrogen-bond donors (Lipinski definition) is 2. The molecule has 0 atom stereocenters. The SMILES string of the molecule is COc1ccc(OC)c(NC(=O)COC(=O)c2n[nH]c(=O)c3ccccc23)c1. The third kappa shape index (κ3) is 3.93. The molecule has 3 aromatic rings. The summed E-state index contributed by atoms with van der Waals surface area (Å²) in [4.78, 5) is 36.3. The first-order chi connectivity index (χ1) is 13.5. The molecule has 1 amide bonds. The van der Waals surface area contributed by atoms with Crippen LogP contribution in [0.2, 0.25) is 0 Å². The third-order valence-electron chi connectivity index (χ3n) is 3.90. The van der Waals surface area contributed by atoms with E-state index >= 15 is 0 Å². The van der Waals surface area contributed by atoms with Gasteiger partial charge in [0.05, 0.1) is 25.3 Å². The van der Waals surface area contributed by atoms with Crippen molar-refractivity contribution >= 4 is 28.3 Å². The zero-order valence-electron chi connectivity index (χ0n) is 15.1. The van der Waals surface area contributed by atoms with Gasteiger partial charge in [-0.25, -0.2) is 9.89 Å². The lowest BCUT2D eigenvalue weighted by Gasteiger charge is -2.12. The van der Waals surface area contributed by atoms with Crippen molar-refractivity contribution in [3.8, 4) is 11.5 Å². The van der Waals surface area contributed by atoms with Gasteiger partial charge in [-0.05, 0) is 18.2 Å². The first-order valence-corrected chi connectivity index (χ1v) is 8.20. The van der Waals surface area contributed by atoms with Crippen LogP contribution in [0.15, 0.2) is 47.3 Å². The van der Waals surface area contributed by atoms with E-state index in [4.69, 9.17) is 14.2 Å². The largest absolute Gasteiger partial charge is 0.497 e. The van der Waals surface area contributed by atoms with Crippen molar-refractivity contribution in [1.82, 2.24) is 10.2 Å². The summed E-state index contributed by atoms with van der Waals surface area (Å²) in [6, 6.07) is 11.4. The van der Waals surface area contributed by atoms with Crippen LogP contribution >= 0.6 is 0 Å². The number of nitrogens with one attached hydrogen (secondary N) is 2. The molecule has 2 N–H and O–H groups in total. The fourth-order valence-corrected chi connectivity index (χ4v) is 2.57. The van der Waals surface area contributed by atoms with Gasteiger partial charge in [0.2, 0.25) is 0 Å². The number of aromatic amines is 1. The summed E-state index contributed by atoms with van der Waals surface area (Å²) in [5.74, 6) is -0.459. The zero-order valence-corrected chi connectivity index (χ0v) is 15.1. The molecule has 0 unspecified atom stereocenters. The topological polar surface area (TPSA) is 120 Å². The molecule has 144 valence electrons. The number of anilines is 1. The predicted octanol–water partition coefficient (Wildman–Crippen LogP) is 1.74. The number of ether oxygens (including phenoxy) is 3. The number of hydrogen-bond acceptors (Lipinski definition) is 7. The van der Waals surface area contributed by atoms with Gasteiger partial charge in [-0.2, -0.15) is 5.10 Å². The van der Waals surface area contributed by atoms with E-state index in [0.717, 1.165) is 0 Å². The quantitative estimate of drug-likeness (QED) is 0.622. The molecule has 0 saturated heterocycles. The Morgan fingerprint density at radius 3 is 2.54 bits per heavy atom. The molecule has 0 aliphatic heterocycles. The molecule has 0 fully saturated rings. The second-order valence-corrected chi connectivity index (χ2v) is 5.64. The third-order valence-corrected chi connectivity index (χ3v) is 3.90. The van der Waals surface area contributed by atoms with Gasteiger partial charge in [0, 0.05) is 11.5 Å². The van der Waals surface area contributed by atoms with Crippen molar-refractivity contribution in [2.45, 2.75) is 0 Å². The molecule has 28 heavy (non-hydrogen) atoms. The highest BCUT2D eigenvalue weighted by molar-refractivity contribution is 6.03. The summed E-state index contributed by atoms with van der Waals surface area (Å²) in [6.45, 7) is -0.547. The first kappa shape index (κ1) is 18.9. The van der Waals surface area contributed by atoms with Crippen LogP contribution in [0.25, 0.3) is 10.8 Å². The van der Waals surface area contributed by atoms with E-state index in [1.54, 1.807) is 42.5 Å². The van der Waals surface area contributed by atoms with Crippen LogP contribution in [-0.2, 0) is 9.53 Å². The Kier molecular flexibility index (Phi) is 5.54. The van der Waals surface area contributed by atoms with Crippen LogP contribution in [0.4, 0.5) is 5.69 Å². The Labute approximate surface area is 159 Å². The summed E-state index contributed by atoms with van der Waals surface area (Å²) in [5.41, 5.74) is -0.132. The van der Waals surface area contributed by atoms with Crippen molar-refractivity contribution in [2.75, 3.05) is 26.1 Å². The fraction of sp³-hybridized carbons (Fsp3) is 0.158. The Balaban J connectivity index is 1.71. The van der Waals surface area contributed by atoms with Gasteiger partial charge in [0.15, 0.2) is 12.3 Å². The van der Waals surface area contributed by atoms with Crippen molar-refractivity contribution in [3.05, 3.63) is 58.5 Å². The summed E-state index contributed by atoms with van der Waals surface area (Å²) >= 11 is 0. The highest BCUT2D eigenvalue weighted by Crippen LogP contribution is 2.28. The molecule has 9 nitrogen and oxygen atoms in total. The number of esters is 1. The molecule has 0 saturated carbocycles. The van der Waals surface area contributed by atoms with Crippen LogP contribution in [0, 0.1) is 0 Å². The van der Waals surface area contributed by atoms with Crippen molar-refractivity contribution in [3.63, 3.8) is 0 Å². The van der Waals surface area contributed by atoms with E-state index in [1.165, 1.54) is 14.2 Å². The first-order valence-electron chi connectivity index (χ1n) is 8.20. The summed E-state index contributed by atoms with van der Waals surface area (Å²) in [6.07, 6.45) is 0. The average molecular weight is 383 g/mol. The second kappa shape index (κ2) is 8.21. The van der Waals surface area contributed by atoms with Gasteiger partial charge in [-0.1, -0.05) is 18.2 Å². The number of rotatable bonds is 6. The molecule has 0 aliphatic carbocycles. The van der Waals surface area contributed by atoms with E-state index in [1.807, 2.05) is 0 Å². The maximum atomic E-state index is 12.3. The minimum atomic E-state index is -0.833. The summed E-state index contributed by atoms with van der Waals surface area (Å²) in [7, 11) is 2.96. The minimum Gasteiger partial charge on any atom is -0.497 e. The minimum absolute atomic E-state index is 0.0815. The molecule has 0 radical (unpaired) electrons. The summed E-state index contributed by atoms with van der Waals surface area (Å²) < 4.78 is 15.3. The van der Waals surface area contributed by atoms with Crippen molar-refractivity contribution in [2.24, 2.45) is 0 Å². The average Bonchev–Trinajstić information content (AvgIpc) is 2.72. The monoisotopic (exact) mass is 383 g/mol. The maximum absolute atomic E-state index is 12.3. The predicted molar refractivity (Wildman–Crippen MR) is 101 cm³/mol. The Hall–Kier alpha value is -3.88. The number of fused-ring (bicyclic) bond motifs is 1. The van der Waals surface area contributed by atoms with E-state index in [0.29, 0.717) is 28.0 Å². The highest BCUT2D eigenvalue weighted by Gasteiger charge is 2.17. The molecule has 1 aromatic heterocycles. The second-order valence-electron chi connectivity index (χ2n) is 5.64. The molecule has 0 aliphatic rings. The Bertz CT molecular complexity index is 1090. The van der Waals surface area contributed by atoms with Gasteiger partial charge >= 0.3 is 5.97 Å². The van der Waals surface area contributed by atoms with Crippen molar-refractivity contribution < 1.29 is 23.8 Å². The Morgan fingerprint density at radius 2 is 1.82 bits per heavy atom. The maximum Gasteiger partial charge on any atom is 0.359 e. The number of H-pyrrole nitrogens is 1. The van der Waals surface area contributed by atoms with Crippen LogP contribution in [0.5, 0.6) is 11.5 Å². The number of methoxy groups -OCH3 is 2. The number of carbonyl (C=O) groups excluding carboxylic acids is 2. The van der Waals surface area contributed by atoms with Crippen LogP contribution < -0.4 is 20.3 Å².